The van der Waals surface area contributed by atoms with E-state index in [1.54, 1.807) is 12.1 Å². The van der Waals surface area contributed by atoms with Gasteiger partial charge in [0, 0.05) is 5.56 Å². The molecule has 1 unspecified atom stereocenters. The van der Waals surface area contributed by atoms with Crippen LogP contribution in [0.25, 0.3) is 21.9 Å². The Morgan fingerprint density at radius 2 is 1.55 bits per heavy atom. The highest BCUT2D eigenvalue weighted by Crippen LogP contribution is 2.34. The maximum atomic E-state index is 14.5. The van der Waals surface area contributed by atoms with Crippen LogP contribution in [0.3, 0.4) is 0 Å². The summed E-state index contributed by atoms with van der Waals surface area (Å²) in [5.74, 6) is -3.75. The molecular formula is C29H27F3O. The van der Waals surface area contributed by atoms with E-state index < -0.39 is 23.2 Å². The Labute approximate surface area is 192 Å². The summed E-state index contributed by atoms with van der Waals surface area (Å²) in [6, 6.07) is 23.2. The summed E-state index contributed by atoms with van der Waals surface area (Å²) >= 11 is 0. The number of ether oxygens (including phenoxy) is 1. The minimum Gasteiger partial charge on any atom is -0.491 e. The molecule has 33 heavy (non-hydrogen) atoms. The lowest BCUT2D eigenvalue weighted by Crippen LogP contribution is -2.04. The molecule has 4 rings (SSSR count). The summed E-state index contributed by atoms with van der Waals surface area (Å²) in [4.78, 5) is 0. The summed E-state index contributed by atoms with van der Waals surface area (Å²) in [7, 11) is 1.11. The van der Waals surface area contributed by atoms with E-state index >= 15 is 0 Å². The van der Waals surface area contributed by atoms with Crippen molar-refractivity contribution in [1.82, 2.24) is 0 Å². The number of benzene rings is 4. The molecule has 0 aromatic heterocycles. The maximum Gasteiger partial charge on any atom is 0.204 e. The zero-order valence-electron chi connectivity index (χ0n) is 18.9. The fourth-order valence-electron chi connectivity index (χ4n) is 4.40. The molecule has 0 aliphatic carbocycles. The van der Waals surface area contributed by atoms with Crippen molar-refractivity contribution in [3.8, 4) is 16.9 Å². The van der Waals surface area contributed by atoms with Crippen molar-refractivity contribution in [1.29, 1.82) is 0 Å². The van der Waals surface area contributed by atoms with Crippen LogP contribution in [0.15, 0.2) is 72.8 Å². The van der Waals surface area contributed by atoms with Crippen LogP contribution in [0.1, 0.15) is 43.2 Å². The van der Waals surface area contributed by atoms with Crippen LogP contribution in [-0.4, -0.2) is 7.11 Å². The molecule has 0 fully saturated rings. The Kier molecular flexibility index (Phi) is 7.02. The minimum atomic E-state index is -1.31. The highest BCUT2D eigenvalue weighted by Gasteiger charge is 2.21. The van der Waals surface area contributed by atoms with Crippen LogP contribution in [-0.2, 0) is 6.42 Å². The van der Waals surface area contributed by atoms with E-state index in [4.69, 9.17) is 0 Å². The molecule has 4 heteroatoms. The maximum absolute atomic E-state index is 14.5. The van der Waals surface area contributed by atoms with Crippen molar-refractivity contribution < 1.29 is 17.9 Å². The molecule has 0 aliphatic rings. The second-order valence-electron chi connectivity index (χ2n) is 8.41. The topological polar surface area (TPSA) is 9.23 Å². The molecule has 0 N–H and O–H groups in total. The predicted molar refractivity (Wildman–Crippen MR) is 128 cm³/mol. The molecule has 0 spiro atoms. The summed E-state index contributed by atoms with van der Waals surface area (Å²) in [5.41, 5.74) is 2.72. The van der Waals surface area contributed by atoms with Gasteiger partial charge in [0.2, 0.25) is 5.82 Å². The number of hydrogen-bond acceptors (Lipinski definition) is 1. The van der Waals surface area contributed by atoms with Gasteiger partial charge in [-0.2, -0.15) is 4.39 Å². The molecule has 0 saturated carbocycles. The number of methoxy groups -OCH3 is 1. The number of unbranched alkanes of at least 4 members (excludes halogenated alkanes) is 1. The van der Waals surface area contributed by atoms with Crippen LogP contribution in [0.2, 0.25) is 0 Å². The lowest BCUT2D eigenvalue weighted by atomic mass is 9.86. The molecule has 1 atom stereocenters. The van der Waals surface area contributed by atoms with Gasteiger partial charge in [0.1, 0.15) is 0 Å². The van der Waals surface area contributed by atoms with Crippen molar-refractivity contribution in [2.75, 3.05) is 7.11 Å². The Bertz CT molecular complexity index is 1250. The van der Waals surface area contributed by atoms with Gasteiger partial charge >= 0.3 is 0 Å². The number of fused-ring (bicyclic) bond motifs is 1. The minimum absolute atomic E-state index is 0.114. The van der Waals surface area contributed by atoms with Crippen LogP contribution in [0, 0.1) is 17.5 Å². The van der Waals surface area contributed by atoms with Crippen LogP contribution >= 0.6 is 0 Å². The molecule has 1 nitrogen and oxygen atoms in total. The molecule has 4 aromatic rings. The first-order chi connectivity index (χ1) is 16.0. The molecule has 4 aromatic carbocycles. The fraction of sp³-hybridized carbons (Fsp3) is 0.241. The van der Waals surface area contributed by atoms with Gasteiger partial charge in [-0.25, -0.2) is 8.78 Å². The molecular weight excluding hydrogens is 421 g/mol. The Balaban J connectivity index is 1.62. The van der Waals surface area contributed by atoms with Gasteiger partial charge in [-0.1, -0.05) is 86.5 Å². The van der Waals surface area contributed by atoms with Crippen LogP contribution < -0.4 is 4.74 Å². The standard InChI is InChI=1S/C29H27F3O/c1-3-4-7-23(16-19-10-11-20-8-5-6-9-24(20)17-19)21-12-14-22(15-13-21)25-18-26(30)29(33-2)28(32)27(25)31/h5-6,8-15,17-18,23H,3-4,7,16H2,1-2H3. The lowest BCUT2D eigenvalue weighted by Gasteiger charge is -2.19. The zero-order valence-corrected chi connectivity index (χ0v) is 18.9. The summed E-state index contributed by atoms with van der Waals surface area (Å²) in [6.07, 6.45) is 4.12. The first kappa shape index (κ1) is 22.9. The van der Waals surface area contributed by atoms with Gasteiger partial charge < -0.3 is 4.74 Å². The highest BCUT2D eigenvalue weighted by molar-refractivity contribution is 5.83. The third kappa shape index (κ3) is 4.90. The zero-order chi connectivity index (χ0) is 23.4. The van der Waals surface area contributed by atoms with Crippen molar-refractivity contribution >= 4 is 10.8 Å². The number of rotatable bonds is 8. The Hall–Kier alpha value is -3.27. The number of halogens is 3. The molecule has 170 valence electrons. The van der Waals surface area contributed by atoms with Crippen molar-refractivity contribution in [3.05, 3.63) is 101 Å². The molecule has 0 radical (unpaired) electrons. The first-order valence-corrected chi connectivity index (χ1v) is 11.3. The van der Waals surface area contributed by atoms with E-state index in [1.807, 2.05) is 24.3 Å². The lowest BCUT2D eigenvalue weighted by molar-refractivity contribution is 0.347. The van der Waals surface area contributed by atoms with Gasteiger partial charge in [0.05, 0.1) is 7.11 Å². The van der Waals surface area contributed by atoms with Crippen molar-refractivity contribution in [2.24, 2.45) is 0 Å². The molecule has 0 heterocycles. The van der Waals surface area contributed by atoms with Crippen molar-refractivity contribution in [3.63, 3.8) is 0 Å². The van der Waals surface area contributed by atoms with Gasteiger partial charge in [0.15, 0.2) is 17.4 Å². The first-order valence-electron chi connectivity index (χ1n) is 11.3. The van der Waals surface area contributed by atoms with E-state index in [2.05, 4.69) is 42.0 Å². The Morgan fingerprint density at radius 3 is 2.24 bits per heavy atom. The predicted octanol–water partition coefficient (Wildman–Crippen LogP) is 8.45. The van der Waals surface area contributed by atoms with E-state index in [0.29, 0.717) is 11.5 Å². The monoisotopic (exact) mass is 448 g/mol. The van der Waals surface area contributed by atoms with E-state index in [9.17, 15) is 13.2 Å². The SMILES string of the molecule is CCCCC(Cc1ccc2ccccc2c1)c1ccc(-c2cc(F)c(OC)c(F)c2F)cc1. The third-order valence-electron chi connectivity index (χ3n) is 6.22. The van der Waals surface area contributed by atoms with E-state index in [-0.39, 0.29) is 5.56 Å². The van der Waals surface area contributed by atoms with Gasteiger partial charge in [-0.3, -0.25) is 0 Å². The van der Waals surface area contributed by atoms with Gasteiger partial charge in [-0.15, -0.1) is 0 Å². The third-order valence-corrected chi connectivity index (χ3v) is 6.22. The van der Waals surface area contributed by atoms with Gasteiger partial charge in [0.25, 0.3) is 0 Å². The molecule has 0 aliphatic heterocycles. The average Bonchev–Trinajstić information content (AvgIpc) is 2.84. The summed E-state index contributed by atoms with van der Waals surface area (Å²) in [5, 5.41) is 2.44. The number of hydrogen-bond donors (Lipinski definition) is 0. The average molecular weight is 449 g/mol. The van der Waals surface area contributed by atoms with Crippen LogP contribution in [0.4, 0.5) is 13.2 Å². The van der Waals surface area contributed by atoms with E-state index in [1.165, 1.54) is 16.3 Å². The summed E-state index contributed by atoms with van der Waals surface area (Å²) < 4.78 is 47.5. The largest absolute Gasteiger partial charge is 0.491 e. The fourth-order valence-corrected chi connectivity index (χ4v) is 4.40. The van der Waals surface area contributed by atoms with E-state index in [0.717, 1.165) is 44.4 Å². The second-order valence-corrected chi connectivity index (χ2v) is 8.41. The quantitative estimate of drug-likeness (QED) is 0.246. The summed E-state index contributed by atoms with van der Waals surface area (Å²) in [6.45, 7) is 2.17. The van der Waals surface area contributed by atoms with Crippen LogP contribution in [0.5, 0.6) is 5.75 Å². The van der Waals surface area contributed by atoms with Gasteiger partial charge in [-0.05, 0) is 52.3 Å². The molecule has 0 bridgehead atoms. The Morgan fingerprint density at radius 1 is 0.818 bits per heavy atom. The molecule has 0 amide bonds. The smallest absolute Gasteiger partial charge is 0.204 e. The second kappa shape index (κ2) is 10.1. The normalized spacial score (nSPS) is 12.2. The highest BCUT2D eigenvalue weighted by atomic mass is 19.2. The van der Waals surface area contributed by atoms with Crippen molar-refractivity contribution in [2.45, 2.75) is 38.5 Å². The molecule has 0 saturated heterocycles.